The quantitative estimate of drug-likeness (QED) is 0.666. The molecule has 1 aliphatic rings. The third-order valence-corrected chi connectivity index (χ3v) is 4.02. The minimum absolute atomic E-state index is 0.144. The topological polar surface area (TPSA) is 120 Å². The van der Waals surface area contributed by atoms with Crippen molar-refractivity contribution >= 4 is 0 Å². The SMILES string of the molecule is N#Cc1cnn(-c2cccc(-c3nc(C4CCCN4C#N)no3)n2)c1. The Morgan fingerprint density at radius 1 is 1.24 bits per heavy atom. The Hall–Kier alpha value is -3.72. The molecule has 0 spiro atoms. The fraction of sp³-hybridized carbons (Fsp3) is 0.250. The number of likely N-dealkylation sites (tertiary alicyclic amines) is 1. The van der Waals surface area contributed by atoms with Crippen LogP contribution in [0, 0.1) is 22.8 Å². The molecule has 1 atom stereocenters. The summed E-state index contributed by atoms with van der Waals surface area (Å²) in [5, 5.41) is 26.2. The van der Waals surface area contributed by atoms with Crippen molar-refractivity contribution in [2.24, 2.45) is 0 Å². The molecule has 0 aromatic carbocycles. The summed E-state index contributed by atoms with van der Waals surface area (Å²) < 4.78 is 6.84. The molecule has 0 radical (unpaired) electrons. The van der Waals surface area contributed by atoms with Gasteiger partial charge in [-0.05, 0) is 25.0 Å². The average Bonchev–Trinajstić information content (AvgIpc) is 3.41. The third-order valence-electron chi connectivity index (χ3n) is 4.02. The Balaban J connectivity index is 1.64. The van der Waals surface area contributed by atoms with Gasteiger partial charge in [0.15, 0.2) is 17.8 Å². The van der Waals surface area contributed by atoms with E-state index >= 15 is 0 Å². The van der Waals surface area contributed by atoms with Crippen LogP contribution < -0.4 is 0 Å². The maximum absolute atomic E-state index is 9.15. The molecular weight excluding hydrogens is 320 g/mol. The molecule has 122 valence electrons. The third kappa shape index (κ3) is 2.68. The molecule has 1 saturated heterocycles. The Bertz CT molecular complexity index is 992. The molecule has 3 aromatic rings. The van der Waals surface area contributed by atoms with Gasteiger partial charge in [0, 0.05) is 6.54 Å². The van der Waals surface area contributed by atoms with Crippen LogP contribution in [-0.2, 0) is 0 Å². The second-order valence-corrected chi connectivity index (χ2v) is 5.58. The lowest BCUT2D eigenvalue weighted by atomic mass is 10.2. The molecule has 1 aliphatic heterocycles. The standard InChI is InChI=1S/C16H12N8O/c17-7-11-8-19-24(9-11)14-5-1-3-12(20-14)16-21-15(22-25-16)13-4-2-6-23(13)10-18/h1,3,5,8-9,13H,2,4,6H2. The number of rotatable bonds is 3. The molecule has 0 saturated carbocycles. The van der Waals surface area contributed by atoms with Crippen molar-refractivity contribution in [3.8, 4) is 29.7 Å². The first kappa shape index (κ1) is 14.8. The highest BCUT2D eigenvalue weighted by atomic mass is 16.5. The molecule has 4 rings (SSSR count). The minimum atomic E-state index is -0.144. The average molecular weight is 332 g/mol. The number of nitriles is 2. The largest absolute Gasteiger partial charge is 0.332 e. The second kappa shape index (κ2) is 6.06. The maximum Gasteiger partial charge on any atom is 0.276 e. The van der Waals surface area contributed by atoms with Crippen molar-refractivity contribution in [2.45, 2.75) is 18.9 Å². The first-order chi connectivity index (χ1) is 12.3. The van der Waals surface area contributed by atoms with Crippen LogP contribution in [0.4, 0.5) is 0 Å². The Labute approximate surface area is 142 Å². The molecule has 0 bridgehead atoms. The summed E-state index contributed by atoms with van der Waals surface area (Å²) in [5.41, 5.74) is 0.955. The van der Waals surface area contributed by atoms with Gasteiger partial charge in [-0.15, -0.1) is 0 Å². The van der Waals surface area contributed by atoms with Crippen molar-refractivity contribution in [3.05, 3.63) is 42.0 Å². The van der Waals surface area contributed by atoms with Crippen LogP contribution in [0.25, 0.3) is 17.4 Å². The van der Waals surface area contributed by atoms with E-state index in [2.05, 4.69) is 26.4 Å². The van der Waals surface area contributed by atoms with Crippen LogP contribution >= 0.6 is 0 Å². The highest BCUT2D eigenvalue weighted by Crippen LogP contribution is 2.30. The predicted molar refractivity (Wildman–Crippen MR) is 83.7 cm³/mol. The van der Waals surface area contributed by atoms with Crippen LogP contribution in [0.2, 0.25) is 0 Å². The summed E-state index contributed by atoms with van der Waals surface area (Å²) in [6.07, 6.45) is 6.97. The van der Waals surface area contributed by atoms with Crippen molar-refractivity contribution < 1.29 is 4.52 Å². The summed E-state index contributed by atoms with van der Waals surface area (Å²) in [5.74, 6) is 1.32. The molecule has 0 amide bonds. The molecule has 9 nitrogen and oxygen atoms in total. The van der Waals surface area contributed by atoms with Gasteiger partial charge in [-0.25, -0.2) is 9.67 Å². The van der Waals surface area contributed by atoms with Gasteiger partial charge < -0.3 is 4.52 Å². The summed E-state index contributed by atoms with van der Waals surface area (Å²) >= 11 is 0. The van der Waals surface area contributed by atoms with E-state index in [-0.39, 0.29) is 11.9 Å². The first-order valence-corrected chi connectivity index (χ1v) is 7.71. The van der Waals surface area contributed by atoms with E-state index in [1.165, 1.54) is 10.9 Å². The Kier molecular flexibility index (Phi) is 3.60. The zero-order valence-electron chi connectivity index (χ0n) is 13.1. The van der Waals surface area contributed by atoms with Gasteiger partial charge in [0.25, 0.3) is 5.89 Å². The monoisotopic (exact) mass is 332 g/mol. The van der Waals surface area contributed by atoms with E-state index in [1.54, 1.807) is 29.3 Å². The summed E-state index contributed by atoms with van der Waals surface area (Å²) in [6, 6.07) is 7.20. The van der Waals surface area contributed by atoms with Gasteiger partial charge in [0.1, 0.15) is 17.8 Å². The molecule has 0 N–H and O–H groups in total. The van der Waals surface area contributed by atoms with Crippen LogP contribution in [0.3, 0.4) is 0 Å². The van der Waals surface area contributed by atoms with Crippen molar-refractivity contribution in [1.82, 2.24) is 29.8 Å². The van der Waals surface area contributed by atoms with Crippen molar-refractivity contribution in [2.75, 3.05) is 6.54 Å². The molecule has 1 unspecified atom stereocenters. The predicted octanol–water partition coefficient (Wildman–Crippen LogP) is 1.81. The maximum atomic E-state index is 9.15. The number of nitrogens with zero attached hydrogens (tertiary/aromatic N) is 8. The summed E-state index contributed by atoms with van der Waals surface area (Å²) in [7, 11) is 0. The van der Waals surface area contributed by atoms with E-state index in [9.17, 15) is 0 Å². The van der Waals surface area contributed by atoms with E-state index < -0.39 is 0 Å². The minimum Gasteiger partial charge on any atom is -0.332 e. The van der Waals surface area contributed by atoms with E-state index in [4.69, 9.17) is 15.0 Å². The molecule has 0 aliphatic carbocycles. The van der Waals surface area contributed by atoms with Gasteiger partial charge in [-0.1, -0.05) is 11.2 Å². The number of hydrogen-bond acceptors (Lipinski definition) is 8. The zero-order chi connectivity index (χ0) is 17.2. The van der Waals surface area contributed by atoms with Crippen LogP contribution in [0.15, 0.2) is 35.1 Å². The molecule has 4 heterocycles. The Morgan fingerprint density at radius 3 is 2.96 bits per heavy atom. The second-order valence-electron chi connectivity index (χ2n) is 5.58. The van der Waals surface area contributed by atoms with Gasteiger partial charge in [-0.3, -0.25) is 4.90 Å². The highest BCUT2D eigenvalue weighted by Gasteiger charge is 2.29. The normalized spacial score (nSPS) is 16.6. The first-order valence-electron chi connectivity index (χ1n) is 7.71. The molecule has 9 heteroatoms. The lowest BCUT2D eigenvalue weighted by molar-refractivity contribution is 0.339. The lowest BCUT2D eigenvalue weighted by Crippen LogP contribution is -2.17. The van der Waals surface area contributed by atoms with Gasteiger partial charge in [0.05, 0.1) is 18.0 Å². The van der Waals surface area contributed by atoms with Gasteiger partial charge in [-0.2, -0.15) is 20.6 Å². The van der Waals surface area contributed by atoms with Crippen LogP contribution in [0.5, 0.6) is 0 Å². The lowest BCUT2D eigenvalue weighted by Gasteiger charge is -2.13. The van der Waals surface area contributed by atoms with Gasteiger partial charge >= 0.3 is 0 Å². The highest BCUT2D eigenvalue weighted by molar-refractivity contribution is 5.48. The Morgan fingerprint density at radius 2 is 2.16 bits per heavy atom. The van der Waals surface area contributed by atoms with Crippen molar-refractivity contribution in [3.63, 3.8) is 0 Å². The summed E-state index contributed by atoms with van der Waals surface area (Å²) in [6.45, 7) is 0.708. The van der Waals surface area contributed by atoms with E-state index in [0.717, 1.165) is 12.8 Å². The molecule has 3 aromatic heterocycles. The molecule has 1 fully saturated rings. The molecule has 25 heavy (non-hydrogen) atoms. The number of aromatic nitrogens is 5. The fourth-order valence-corrected chi connectivity index (χ4v) is 2.80. The van der Waals surface area contributed by atoms with Gasteiger partial charge in [0.2, 0.25) is 0 Å². The fourth-order valence-electron chi connectivity index (χ4n) is 2.80. The van der Waals surface area contributed by atoms with Crippen molar-refractivity contribution in [1.29, 1.82) is 10.5 Å². The smallest absolute Gasteiger partial charge is 0.276 e. The number of hydrogen-bond donors (Lipinski definition) is 0. The van der Waals surface area contributed by atoms with Crippen LogP contribution in [0.1, 0.15) is 30.3 Å². The number of pyridine rings is 1. The zero-order valence-corrected chi connectivity index (χ0v) is 13.1. The van der Waals surface area contributed by atoms with E-state index in [0.29, 0.717) is 29.4 Å². The van der Waals surface area contributed by atoms with Crippen LogP contribution in [-0.4, -0.2) is 36.3 Å². The van der Waals surface area contributed by atoms with E-state index in [1.807, 2.05) is 6.07 Å². The molecular formula is C16H12N8O. The summed E-state index contributed by atoms with van der Waals surface area (Å²) in [4.78, 5) is 10.5.